The predicted molar refractivity (Wildman–Crippen MR) is 89.9 cm³/mol. The third kappa shape index (κ3) is 4.02. The summed E-state index contributed by atoms with van der Waals surface area (Å²) in [4.78, 5) is 12.8. The third-order valence-corrected chi connectivity index (χ3v) is 4.79. The second-order valence-electron chi connectivity index (χ2n) is 5.33. The summed E-state index contributed by atoms with van der Waals surface area (Å²) in [6.45, 7) is 2.27. The Morgan fingerprint density at radius 2 is 1.88 bits per heavy atom. The Labute approximate surface area is 142 Å². The van der Waals surface area contributed by atoms with Gasteiger partial charge >= 0.3 is 0 Å². The fraction of sp³-hybridized carbons (Fsp3) is 0.167. The molecule has 3 rings (SSSR count). The lowest BCUT2D eigenvalue weighted by molar-refractivity contribution is 0.0919. The SMILES string of the molecule is Cc1ccc(S(=O)Cc2ccc(C(=O)NCc3ccco3)o2)cc1. The Balaban J connectivity index is 1.59. The first kappa shape index (κ1) is 16.3. The molecule has 5 nitrogen and oxygen atoms in total. The number of aryl methyl sites for hydroxylation is 1. The average Bonchev–Trinajstić information content (AvgIpc) is 3.25. The van der Waals surface area contributed by atoms with Gasteiger partial charge in [-0.1, -0.05) is 17.7 Å². The van der Waals surface area contributed by atoms with Gasteiger partial charge in [0.1, 0.15) is 11.5 Å². The minimum atomic E-state index is -1.21. The molecule has 0 aliphatic carbocycles. The quantitative estimate of drug-likeness (QED) is 0.744. The van der Waals surface area contributed by atoms with Gasteiger partial charge in [0.25, 0.3) is 5.91 Å². The van der Waals surface area contributed by atoms with Crippen LogP contribution in [-0.2, 0) is 23.1 Å². The molecular formula is C18H17NO4S. The van der Waals surface area contributed by atoms with Gasteiger partial charge in [-0.25, -0.2) is 0 Å². The highest BCUT2D eigenvalue weighted by Crippen LogP contribution is 2.16. The van der Waals surface area contributed by atoms with E-state index in [2.05, 4.69) is 5.32 Å². The number of hydrogen-bond donors (Lipinski definition) is 1. The van der Waals surface area contributed by atoms with E-state index < -0.39 is 10.8 Å². The Bertz CT molecular complexity index is 834. The molecular weight excluding hydrogens is 326 g/mol. The van der Waals surface area contributed by atoms with Crippen molar-refractivity contribution in [2.45, 2.75) is 24.1 Å². The smallest absolute Gasteiger partial charge is 0.287 e. The first-order valence-electron chi connectivity index (χ1n) is 7.46. The van der Waals surface area contributed by atoms with Crippen LogP contribution in [0.4, 0.5) is 0 Å². The Kier molecular flexibility index (Phi) is 4.96. The fourth-order valence-corrected chi connectivity index (χ4v) is 3.17. The largest absolute Gasteiger partial charge is 0.467 e. The summed E-state index contributed by atoms with van der Waals surface area (Å²) in [6, 6.07) is 14.3. The summed E-state index contributed by atoms with van der Waals surface area (Å²) < 4.78 is 23.0. The van der Waals surface area contributed by atoms with E-state index in [-0.39, 0.29) is 24.0 Å². The number of carbonyl (C=O) groups is 1. The Morgan fingerprint density at radius 1 is 1.08 bits per heavy atom. The minimum Gasteiger partial charge on any atom is -0.467 e. The summed E-state index contributed by atoms with van der Waals surface area (Å²) in [5, 5.41) is 2.70. The first-order chi connectivity index (χ1) is 11.6. The maximum atomic E-state index is 12.3. The molecule has 24 heavy (non-hydrogen) atoms. The molecule has 1 unspecified atom stereocenters. The second-order valence-corrected chi connectivity index (χ2v) is 6.78. The number of amides is 1. The number of rotatable bonds is 6. The van der Waals surface area contributed by atoms with Crippen molar-refractivity contribution in [2.75, 3.05) is 0 Å². The molecule has 0 aliphatic heterocycles. The summed E-state index contributed by atoms with van der Waals surface area (Å²) in [7, 11) is -1.21. The first-order valence-corrected chi connectivity index (χ1v) is 8.78. The lowest BCUT2D eigenvalue weighted by Crippen LogP contribution is -2.21. The molecule has 124 valence electrons. The van der Waals surface area contributed by atoms with Gasteiger partial charge in [0.2, 0.25) is 0 Å². The van der Waals surface area contributed by atoms with Crippen LogP contribution in [0.2, 0.25) is 0 Å². The van der Waals surface area contributed by atoms with Crippen molar-refractivity contribution in [1.29, 1.82) is 0 Å². The Hall–Kier alpha value is -2.60. The molecule has 2 heterocycles. The Morgan fingerprint density at radius 3 is 2.58 bits per heavy atom. The van der Waals surface area contributed by atoms with Crippen molar-refractivity contribution < 1.29 is 17.8 Å². The van der Waals surface area contributed by atoms with Crippen LogP contribution < -0.4 is 5.32 Å². The van der Waals surface area contributed by atoms with E-state index in [4.69, 9.17) is 8.83 Å². The average molecular weight is 343 g/mol. The maximum absolute atomic E-state index is 12.3. The fourth-order valence-electron chi connectivity index (χ4n) is 2.15. The molecule has 0 saturated carbocycles. The normalized spacial score (nSPS) is 12.0. The van der Waals surface area contributed by atoms with Crippen molar-refractivity contribution in [3.63, 3.8) is 0 Å². The molecule has 1 amide bonds. The van der Waals surface area contributed by atoms with Crippen LogP contribution in [0.5, 0.6) is 0 Å². The van der Waals surface area contributed by atoms with Gasteiger partial charge in [-0.05, 0) is 43.3 Å². The van der Waals surface area contributed by atoms with Crippen molar-refractivity contribution in [3.05, 3.63) is 77.6 Å². The van der Waals surface area contributed by atoms with Gasteiger partial charge < -0.3 is 14.2 Å². The van der Waals surface area contributed by atoms with E-state index >= 15 is 0 Å². The highest BCUT2D eigenvalue weighted by molar-refractivity contribution is 7.84. The van der Waals surface area contributed by atoms with Crippen LogP contribution in [0.3, 0.4) is 0 Å². The van der Waals surface area contributed by atoms with Crippen molar-refractivity contribution in [3.8, 4) is 0 Å². The molecule has 3 aromatic rings. The molecule has 0 fully saturated rings. The van der Waals surface area contributed by atoms with Crippen LogP contribution in [-0.4, -0.2) is 10.1 Å². The van der Waals surface area contributed by atoms with Crippen molar-refractivity contribution in [1.82, 2.24) is 5.32 Å². The maximum Gasteiger partial charge on any atom is 0.287 e. The van der Waals surface area contributed by atoms with Crippen LogP contribution in [0, 0.1) is 6.92 Å². The van der Waals surface area contributed by atoms with Gasteiger partial charge in [-0.2, -0.15) is 0 Å². The van der Waals surface area contributed by atoms with Gasteiger partial charge in [0, 0.05) is 4.90 Å². The molecule has 1 aromatic carbocycles. The van der Waals surface area contributed by atoms with E-state index in [0.29, 0.717) is 11.5 Å². The molecule has 0 aliphatic rings. The molecule has 1 N–H and O–H groups in total. The number of hydrogen-bond acceptors (Lipinski definition) is 4. The van der Waals surface area contributed by atoms with Crippen LogP contribution >= 0.6 is 0 Å². The highest BCUT2D eigenvalue weighted by atomic mass is 32.2. The van der Waals surface area contributed by atoms with Crippen LogP contribution in [0.15, 0.2) is 68.5 Å². The van der Waals surface area contributed by atoms with Crippen molar-refractivity contribution >= 4 is 16.7 Å². The number of benzene rings is 1. The monoisotopic (exact) mass is 343 g/mol. The topological polar surface area (TPSA) is 72.5 Å². The molecule has 0 spiro atoms. The highest BCUT2D eigenvalue weighted by Gasteiger charge is 2.14. The minimum absolute atomic E-state index is 0.192. The summed E-state index contributed by atoms with van der Waals surface area (Å²) in [6.07, 6.45) is 1.55. The molecule has 0 saturated heterocycles. The third-order valence-electron chi connectivity index (χ3n) is 3.45. The molecule has 0 bridgehead atoms. The zero-order valence-corrected chi connectivity index (χ0v) is 14.0. The zero-order chi connectivity index (χ0) is 16.9. The zero-order valence-electron chi connectivity index (χ0n) is 13.2. The van der Waals surface area contributed by atoms with E-state index in [1.165, 1.54) is 0 Å². The molecule has 0 radical (unpaired) electrons. The van der Waals surface area contributed by atoms with Crippen LogP contribution in [0.1, 0.15) is 27.6 Å². The van der Waals surface area contributed by atoms with E-state index in [1.807, 2.05) is 31.2 Å². The number of carbonyl (C=O) groups excluding carboxylic acids is 1. The van der Waals surface area contributed by atoms with E-state index in [1.54, 1.807) is 30.5 Å². The van der Waals surface area contributed by atoms with E-state index in [0.717, 1.165) is 10.5 Å². The molecule has 1 atom stereocenters. The summed E-state index contributed by atoms with van der Waals surface area (Å²) in [5.41, 5.74) is 1.12. The standard InChI is InChI=1S/C18H17NO4S/c1-13-4-7-16(8-5-13)24(21)12-15-6-9-17(23-15)18(20)19-11-14-3-2-10-22-14/h2-10H,11-12H2,1H3,(H,19,20). The second kappa shape index (κ2) is 7.31. The van der Waals surface area contributed by atoms with Gasteiger partial charge in [-0.3, -0.25) is 9.00 Å². The van der Waals surface area contributed by atoms with Crippen molar-refractivity contribution in [2.24, 2.45) is 0 Å². The number of furan rings is 2. The van der Waals surface area contributed by atoms with Gasteiger partial charge in [-0.15, -0.1) is 0 Å². The number of nitrogens with one attached hydrogen (secondary N) is 1. The van der Waals surface area contributed by atoms with Gasteiger partial charge in [0.15, 0.2) is 5.76 Å². The molecule has 6 heteroatoms. The predicted octanol–water partition coefficient (Wildman–Crippen LogP) is 3.42. The lowest BCUT2D eigenvalue weighted by Gasteiger charge is -2.02. The summed E-state index contributed by atoms with van der Waals surface area (Å²) >= 11 is 0. The summed E-state index contributed by atoms with van der Waals surface area (Å²) in [5.74, 6) is 1.26. The van der Waals surface area contributed by atoms with Crippen LogP contribution in [0.25, 0.3) is 0 Å². The van der Waals surface area contributed by atoms with Gasteiger partial charge in [0.05, 0.1) is 29.4 Å². The lowest BCUT2D eigenvalue weighted by atomic mass is 10.2. The molecule has 2 aromatic heterocycles. The van der Waals surface area contributed by atoms with E-state index in [9.17, 15) is 9.00 Å².